The highest BCUT2D eigenvalue weighted by molar-refractivity contribution is 7.14. The lowest BCUT2D eigenvalue weighted by molar-refractivity contribution is 0.102. The van der Waals surface area contributed by atoms with Gasteiger partial charge in [-0.15, -0.1) is 11.3 Å². The molecule has 1 amide bonds. The van der Waals surface area contributed by atoms with Gasteiger partial charge in [0, 0.05) is 28.1 Å². The summed E-state index contributed by atoms with van der Waals surface area (Å²) in [4.78, 5) is 16.4. The van der Waals surface area contributed by atoms with Crippen LogP contribution in [0.2, 0.25) is 0 Å². The summed E-state index contributed by atoms with van der Waals surface area (Å²) < 4.78 is 13.6. The van der Waals surface area contributed by atoms with Crippen LogP contribution in [0.5, 0.6) is 0 Å². The van der Waals surface area contributed by atoms with Gasteiger partial charge in [-0.2, -0.15) is 0 Å². The van der Waals surface area contributed by atoms with Gasteiger partial charge in [0.25, 0.3) is 5.91 Å². The highest BCUT2D eigenvalue weighted by atomic mass is 32.1. The predicted molar refractivity (Wildman–Crippen MR) is 77.6 cm³/mol. The van der Waals surface area contributed by atoms with Crippen molar-refractivity contribution in [2.45, 2.75) is 25.7 Å². The number of hydrogen-bond acceptors (Lipinski definition) is 4. The number of nitrogens with one attached hydrogen (secondary N) is 1. The van der Waals surface area contributed by atoms with E-state index in [-0.39, 0.29) is 11.3 Å². The molecule has 6 heteroatoms. The van der Waals surface area contributed by atoms with E-state index >= 15 is 0 Å². The maximum absolute atomic E-state index is 13.6. The number of carbonyl (C=O) groups excluding carboxylic acids is 1. The van der Waals surface area contributed by atoms with E-state index in [1.165, 1.54) is 23.5 Å². The first kappa shape index (κ1) is 13.1. The molecule has 104 valence electrons. The first-order valence-corrected chi connectivity index (χ1v) is 7.25. The Morgan fingerprint density at radius 3 is 2.90 bits per heavy atom. The molecule has 0 saturated heterocycles. The summed E-state index contributed by atoms with van der Waals surface area (Å²) in [5, 5.41) is 5.18. The minimum Gasteiger partial charge on any atom is -0.398 e. The molecule has 3 N–H and O–H groups in total. The summed E-state index contributed by atoms with van der Waals surface area (Å²) in [6.45, 7) is 1.58. The molecular weight excluding hydrogens is 277 g/mol. The van der Waals surface area contributed by atoms with E-state index in [9.17, 15) is 9.18 Å². The van der Waals surface area contributed by atoms with Crippen molar-refractivity contribution in [3.05, 3.63) is 40.2 Å². The largest absolute Gasteiger partial charge is 0.398 e. The summed E-state index contributed by atoms with van der Waals surface area (Å²) in [5.41, 5.74) is 7.53. The van der Waals surface area contributed by atoms with Crippen molar-refractivity contribution in [3.63, 3.8) is 0 Å². The van der Waals surface area contributed by atoms with E-state index in [0.717, 1.165) is 18.5 Å². The molecule has 0 unspecified atom stereocenters. The molecule has 0 spiro atoms. The van der Waals surface area contributed by atoms with Crippen molar-refractivity contribution in [1.29, 1.82) is 0 Å². The Bertz CT molecular complexity index is 656. The number of rotatable bonds is 3. The fourth-order valence-electron chi connectivity index (χ4n) is 1.91. The number of nitrogen functional groups attached to an aromatic ring is 1. The molecule has 20 heavy (non-hydrogen) atoms. The number of thiazole rings is 1. The number of anilines is 2. The third-order valence-electron chi connectivity index (χ3n) is 3.38. The zero-order valence-electron chi connectivity index (χ0n) is 10.9. The number of nitrogens with zero attached hydrogens (tertiary/aromatic N) is 1. The van der Waals surface area contributed by atoms with E-state index < -0.39 is 11.7 Å². The van der Waals surface area contributed by atoms with Gasteiger partial charge in [-0.1, -0.05) is 0 Å². The number of aromatic nitrogens is 1. The fourth-order valence-corrected chi connectivity index (χ4v) is 2.70. The quantitative estimate of drug-likeness (QED) is 0.853. The molecule has 1 aromatic carbocycles. The van der Waals surface area contributed by atoms with Crippen molar-refractivity contribution in [2.24, 2.45) is 0 Å². The number of hydrogen-bond donors (Lipinski definition) is 2. The Morgan fingerprint density at radius 2 is 2.25 bits per heavy atom. The summed E-state index contributed by atoms with van der Waals surface area (Å²) >= 11 is 1.38. The lowest BCUT2D eigenvalue weighted by Crippen LogP contribution is -2.13. The van der Waals surface area contributed by atoms with E-state index in [1.54, 1.807) is 6.92 Å². The minimum atomic E-state index is -0.479. The first-order valence-electron chi connectivity index (χ1n) is 6.37. The molecule has 1 heterocycles. The van der Waals surface area contributed by atoms with Crippen LogP contribution in [0.4, 0.5) is 15.2 Å². The molecule has 0 atom stereocenters. The van der Waals surface area contributed by atoms with Gasteiger partial charge >= 0.3 is 0 Å². The normalized spacial score (nSPS) is 14.3. The monoisotopic (exact) mass is 291 g/mol. The third kappa shape index (κ3) is 2.51. The highest BCUT2D eigenvalue weighted by Crippen LogP contribution is 2.40. The average molecular weight is 291 g/mol. The Kier molecular flexibility index (Phi) is 3.17. The van der Waals surface area contributed by atoms with E-state index in [2.05, 4.69) is 10.3 Å². The number of benzene rings is 1. The van der Waals surface area contributed by atoms with Gasteiger partial charge in [0.15, 0.2) is 5.13 Å². The third-order valence-corrected chi connectivity index (χ3v) is 4.16. The molecule has 1 aromatic heterocycles. The maximum atomic E-state index is 13.6. The molecule has 1 fully saturated rings. The Labute approximate surface area is 119 Å². The van der Waals surface area contributed by atoms with Crippen LogP contribution in [0, 0.1) is 12.7 Å². The molecule has 0 radical (unpaired) electrons. The number of carbonyl (C=O) groups is 1. The van der Waals surface area contributed by atoms with Crippen molar-refractivity contribution in [2.75, 3.05) is 11.1 Å². The van der Waals surface area contributed by atoms with Crippen LogP contribution in [0.1, 0.15) is 40.4 Å². The van der Waals surface area contributed by atoms with Gasteiger partial charge in [-0.05, 0) is 31.9 Å². The van der Waals surface area contributed by atoms with Crippen molar-refractivity contribution in [3.8, 4) is 0 Å². The van der Waals surface area contributed by atoms with Crippen LogP contribution in [-0.4, -0.2) is 10.9 Å². The maximum Gasteiger partial charge on any atom is 0.257 e. The van der Waals surface area contributed by atoms with Gasteiger partial charge in [-0.25, -0.2) is 9.37 Å². The number of nitrogens with two attached hydrogens (primary N) is 1. The fraction of sp³-hybridized carbons (Fsp3) is 0.286. The van der Waals surface area contributed by atoms with Crippen LogP contribution >= 0.6 is 11.3 Å². The van der Waals surface area contributed by atoms with E-state index in [4.69, 9.17) is 5.73 Å². The number of halogens is 1. The molecule has 3 rings (SSSR count). The molecule has 2 aromatic rings. The number of amides is 1. The minimum absolute atomic E-state index is 0.203. The zero-order chi connectivity index (χ0) is 14.3. The predicted octanol–water partition coefficient (Wildman–Crippen LogP) is 3.30. The summed E-state index contributed by atoms with van der Waals surface area (Å²) in [5.74, 6) is -0.329. The topological polar surface area (TPSA) is 68.0 Å². The second-order valence-electron chi connectivity index (χ2n) is 4.98. The molecule has 1 aliphatic carbocycles. The molecule has 1 aliphatic rings. The lowest BCUT2D eigenvalue weighted by atomic mass is 10.1. The van der Waals surface area contributed by atoms with E-state index in [1.807, 2.05) is 5.38 Å². The van der Waals surface area contributed by atoms with Crippen molar-refractivity contribution < 1.29 is 9.18 Å². The van der Waals surface area contributed by atoms with E-state index in [0.29, 0.717) is 16.6 Å². The Hall–Kier alpha value is -1.95. The SMILES string of the molecule is Cc1c(N)cc(C(=O)Nc2nc(C3CC3)cs2)cc1F. The standard InChI is InChI=1S/C14H14FN3OS/c1-7-10(15)4-9(5-11(7)16)13(19)18-14-17-12(6-20-14)8-2-3-8/h4-6,8H,2-3,16H2,1H3,(H,17,18,19). The lowest BCUT2D eigenvalue weighted by Gasteiger charge is -2.06. The average Bonchev–Trinajstić information content (AvgIpc) is 3.16. The summed E-state index contributed by atoms with van der Waals surface area (Å²) in [7, 11) is 0. The van der Waals surface area contributed by atoms with Crippen LogP contribution in [0.25, 0.3) is 0 Å². The Balaban J connectivity index is 1.78. The van der Waals surface area contributed by atoms with Gasteiger partial charge in [0.05, 0.1) is 5.69 Å². The van der Waals surface area contributed by atoms with Crippen LogP contribution in [-0.2, 0) is 0 Å². The molecular formula is C14H14FN3OS. The smallest absolute Gasteiger partial charge is 0.257 e. The highest BCUT2D eigenvalue weighted by Gasteiger charge is 2.26. The summed E-state index contributed by atoms with van der Waals surface area (Å²) in [6.07, 6.45) is 2.33. The summed E-state index contributed by atoms with van der Waals surface area (Å²) in [6, 6.07) is 2.67. The molecule has 4 nitrogen and oxygen atoms in total. The van der Waals surface area contributed by atoms with Gasteiger partial charge in [0.2, 0.25) is 0 Å². The van der Waals surface area contributed by atoms with Gasteiger partial charge in [-0.3, -0.25) is 10.1 Å². The molecule has 0 aliphatic heterocycles. The van der Waals surface area contributed by atoms with Gasteiger partial charge < -0.3 is 5.73 Å². The Morgan fingerprint density at radius 1 is 1.50 bits per heavy atom. The zero-order valence-corrected chi connectivity index (χ0v) is 11.8. The second kappa shape index (κ2) is 4.86. The molecule has 0 bridgehead atoms. The van der Waals surface area contributed by atoms with Crippen LogP contribution in [0.3, 0.4) is 0 Å². The van der Waals surface area contributed by atoms with Crippen LogP contribution < -0.4 is 11.1 Å². The van der Waals surface area contributed by atoms with Crippen molar-refractivity contribution >= 4 is 28.1 Å². The second-order valence-corrected chi connectivity index (χ2v) is 5.84. The van der Waals surface area contributed by atoms with Crippen molar-refractivity contribution in [1.82, 2.24) is 4.98 Å². The van der Waals surface area contributed by atoms with Crippen LogP contribution in [0.15, 0.2) is 17.5 Å². The molecule has 1 saturated carbocycles. The first-order chi connectivity index (χ1) is 9.54. The van der Waals surface area contributed by atoms with Gasteiger partial charge in [0.1, 0.15) is 5.82 Å².